The fourth-order valence-corrected chi connectivity index (χ4v) is 3.34. The molecule has 1 unspecified atom stereocenters. The van der Waals surface area contributed by atoms with Crippen LogP contribution in [0.5, 0.6) is 0 Å². The molecule has 2 fully saturated rings. The molecule has 0 aromatic rings. The fourth-order valence-electron chi connectivity index (χ4n) is 3.34. The number of nitrogens with one attached hydrogen (secondary N) is 1. The number of hydrogen-bond donors (Lipinski definition) is 1. The first kappa shape index (κ1) is 15.8. The van der Waals surface area contributed by atoms with Crippen LogP contribution in [0.15, 0.2) is 0 Å². The molecule has 3 heteroatoms. The first-order valence-corrected chi connectivity index (χ1v) is 8.44. The minimum absolute atomic E-state index is 0.308. The van der Waals surface area contributed by atoms with Gasteiger partial charge in [-0.15, -0.1) is 0 Å². The summed E-state index contributed by atoms with van der Waals surface area (Å²) in [5, 5.41) is 12.9. The number of likely N-dealkylation sites (tertiary alicyclic amines) is 1. The van der Waals surface area contributed by atoms with E-state index in [1.165, 1.54) is 38.8 Å². The quantitative estimate of drug-likeness (QED) is 0.777. The Bertz CT molecular complexity index is 335. The van der Waals surface area contributed by atoms with Gasteiger partial charge in [0.2, 0.25) is 0 Å². The van der Waals surface area contributed by atoms with Crippen molar-refractivity contribution >= 4 is 0 Å². The molecule has 114 valence electrons. The molecule has 1 N–H and O–H groups in total. The molecular weight excluding hydrogens is 246 g/mol. The van der Waals surface area contributed by atoms with E-state index in [-0.39, 0.29) is 5.54 Å². The molecule has 0 aromatic carbocycles. The highest BCUT2D eigenvalue weighted by molar-refractivity contribution is 5.07. The summed E-state index contributed by atoms with van der Waals surface area (Å²) in [5.41, 5.74) is -0.308. The third kappa shape index (κ3) is 4.75. The highest BCUT2D eigenvalue weighted by Gasteiger charge is 2.32. The van der Waals surface area contributed by atoms with Gasteiger partial charge in [-0.3, -0.25) is 5.32 Å². The van der Waals surface area contributed by atoms with Gasteiger partial charge in [-0.2, -0.15) is 5.26 Å². The molecule has 0 spiro atoms. The standard InChI is InChI=1S/C17H31N3/c1-14(2)15-7-11-20(12-8-15)10-4-9-17(3,13-18)19-16-5-6-16/h14-16,19H,4-12H2,1-3H3. The highest BCUT2D eigenvalue weighted by Crippen LogP contribution is 2.26. The summed E-state index contributed by atoms with van der Waals surface area (Å²) in [6.45, 7) is 10.4. The number of piperidine rings is 1. The second-order valence-corrected chi connectivity index (χ2v) is 7.39. The summed E-state index contributed by atoms with van der Waals surface area (Å²) in [4.78, 5) is 2.59. The van der Waals surface area contributed by atoms with Gasteiger partial charge in [0.05, 0.1) is 6.07 Å². The predicted molar refractivity (Wildman–Crippen MR) is 83.4 cm³/mol. The van der Waals surface area contributed by atoms with Crippen molar-refractivity contribution in [1.82, 2.24) is 10.2 Å². The molecule has 0 amide bonds. The molecule has 0 bridgehead atoms. The van der Waals surface area contributed by atoms with Gasteiger partial charge >= 0.3 is 0 Å². The van der Waals surface area contributed by atoms with Gasteiger partial charge in [-0.25, -0.2) is 0 Å². The van der Waals surface area contributed by atoms with E-state index in [2.05, 4.69) is 37.1 Å². The summed E-state index contributed by atoms with van der Waals surface area (Å²) < 4.78 is 0. The molecule has 2 rings (SSSR count). The molecule has 1 atom stereocenters. The Labute approximate surface area is 124 Å². The first-order valence-electron chi connectivity index (χ1n) is 8.44. The van der Waals surface area contributed by atoms with Crippen molar-refractivity contribution in [3.05, 3.63) is 0 Å². The summed E-state index contributed by atoms with van der Waals surface area (Å²) in [6.07, 6.45) is 7.32. The lowest BCUT2D eigenvalue weighted by Gasteiger charge is -2.34. The van der Waals surface area contributed by atoms with Crippen LogP contribution in [0.25, 0.3) is 0 Å². The van der Waals surface area contributed by atoms with Crippen molar-refractivity contribution in [2.75, 3.05) is 19.6 Å². The van der Waals surface area contributed by atoms with Crippen molar-refractivity contribution in [2.24, 2.45) is 11.8 Å². The average Bonchev–Trinajstić information content (AvgIpc) is 3.23. The Morgan fingerprint density at radius 3 is 2.40 bits per heavy atom. The monoisotopic (exact) mass is 277 g/mol. The molecule has 1 saturated heterocycles. The van der Waals surface area contributed by atoms with Crippen LogP contribution in [0, 0.1) is 23.2 Å². The molecule has 20 heavy (non-hydrogen) atoms. The van der Waals surface area contributed by atoms with Crippen LogP contribution in [-0.2, 0) is 0 Å². The maximum atomic E-state index is 9.37. The van der Waals surface area contributed by atoms with Crippen molar-refractivity contribution in [3.8, 4) is 6.07 Å². The molecule has 3 nitrogen and oxygen atoms in total. The van der Waals surface area contributed by atoms with Crippen LogP contribution in [0.4, 0.5) is 0 Å². The zero-order chi connectivity index (χ0) is 14.6. The Hall–Kier alpha value is -0.590. The van der Waals surface area contributed by atoms with Gasteiger partial charge in [-0.1, -0.05) is 13.8 Å². The van der Waals surface area contributed by atoms with Gasteiger partial charge < -0.3 is 4.90 Å². The van der Waals surface area contributed by atoms with E-state index < -0.39 is 0 Å². The third-order valence-electron chi connectivity index (χ3n) is 5.07. The first-order chi connectivity index (χ1) is 9.52. The van der Waals surface area contributed by atoms with Crippen LogP contribution in [0.2, 0.25) is 0 Å². The molecule has 2 aliphatic rings. The molecule has 0 radical (unpaired) electrons. The maximum Gasteiger partial charge on any atom is 0.104 e. The Morgan fingerprint density at radius 1 is 1.25 bits per heavy atom. The van der Waals surface area contributed by atoms with Crippen LogP contribution < -0.4 is 5.32 Å². The third-order valence-corrected chi connectivity index (χ3v) is 5.07. The highest BCUT2D eigenvalue weighted by atomic mass is 15.1. The Morgan fingerprint density at radius 2 is 1.90 bits per heavy atom. The average molecular weight is 277 g/mol. The fraction of sp³-hybridized carbons (Fsp3) is 0.941. The zero-order valence-corrected chi connectivity index (χ0v) is 13.5. The Kier molecular flexibility index (Phi) is 5.46. The number of nitrogens with zero attached hydrogens (tertiary/aromatic N) is 2. The van der Waals surface area contributed by atoms with E-state index >= 15 is 0 Å². The topological polar surface area (TPSA) is 39.1 Å². The van der Waals surface area contributed by atoms with Gasteiger partial charge in [-0.05, 0) is 76.9 Å². The van der Waals surface area contributed by atoms with Crippen molar-refractivity contribution in [3.63, 3.8) is 0 Å². The second kappa shape index (κ2) is 6.91. The van der Waals surface area contributed by atoms with Gasteiger partial charge in [0.25, 0.3) is 0 Å². The lowest BCUT2D eigenvalue weighted by Crippen LogP contribution is -2.43. The summed E-state index contributed by atoms with van der Waals surface area (Å²) in [7, 11) is 0. The van der Waals surface area contributed by atoms with Crippen LogP contribution in [0.3, 0.4) is 0 Å². The largest absolute Gasteiger partial charge is 0.303 e. The van der Waals surface area contributed by atoms with Crippen LogP contribution in [-0.4, -0.2) is 36.1 Å². The summed E-state index contributed by atoms with van der Waals surface area (Å²) in [5.74, 6) is 1.76. The van der Waals surface area contributed by atoms with Crippen molar-refractivity contribution in [1.29, 1.82) is 5.26 Å². The van der Waals surface area contributed by atoms with E-state index in [4.69, 9.17) is 0 Å². The van der Waals surface area contributed by atoms with Crippen molar-refractivity contribution < 1.29 is 0 Å². The summed E-state index contributed by atoms with van der Waals surface area (Å²) in [6, 6.07) is 3.09. The van der Waals surface area contributed by atoms with Gasteiger partial charge in [0, 0.05) is 6.04 Å². The zero-order valence-electron chi connectivity index (χ0n) is 13.5. The second-order valence-electron chi connectivity index (χ2n) is 7.39. The molecular formula is C17H31N3. The van der Waals surface area contributed by atoms with E-state index in [1.54, 1.807) is 0 Å². The van der Waals surface area contributed by atoms with Crippen LogP contribution >= 0.6 is 0 Å². The normalized spacial score (nSPS) is 24.6. The smallest absolute Gasteiger partial charge is 0.104 e. The van der Waals surface area contributed by atoms with Crippen LogP contribution in [0.1, 0.15) is 59.3 Å². The molecule has 0 aromatic heterocycles. The van der Waals surface area contributed by atoms with E-state index in [1.807, 2.05) is 0 Å². The minimum atomic E-state index is -0.308. The van der Waals surface area contributed by atoms with Gasteiger partial charge in [0.15, 0.2) is 0 Å². The lowest BCUT2D eigenvalue weighted by molar-refractivity contribution is 0.153. The minimum Gasteiger partial charge on any atom is -0.303 e. The van der Waals surface area contributed by atoms with Gasteiger partial charge in [0.1, 0.15) is 5.54 Å². The predicted octanol–water partition coefficient (Wildman–Crippen LogP) is 3.17. The molecule has 1 saturated carbocycles. The SMILES string of the molecule is CC(C)C1CCN(CCCC(C)(C#N)NC2CC2)CC1. The Balaban J connectivity index is 1.64. The number of rotatable bonds is 7. The number of nitriles is 1. The number of hydrogen-bond acceptors (Lipinski definition) is 3. The summed E-state index contributed by atoms with van der Waals surface area (Å²) >= 11 is 0. The molecule has 1 heterocycles. The van der Waals surface area contributed by atoms with Crippen molar-refractivity contribution in [2.45, 2.75) is 70.9 Å². The van der Waals surface area contributed by atoms with E-state index in [9.17, 15) is 5.26 Å². The van der Waals surface area contributed by atoms with E-state index in [0.29, 0.717) is 6.04 Å². The molecule has 1 aliphatic carbocycles. The lowest BCUT2D eigenvalue weighted by atomic mass is 9.86. The maximum absolute atomic E-state index is 9.37. The van der Waals surface area contributed by atoms with E-state index in [0.717, 1.165) is 31.2 Å². The molecule has 1 aliphatic heterocycles.